The van der Waals surface area contributed by atoms with Crippen molar-refractivity contribution < 1.29 is 0 Å². The zero-order valence-corrected chi connectivity index (χ0v) is 9.96. The van der Waals surface area contributed by atoms with Gasteiger partial charge in [-0.1, -0.05) is 20.8 Å². The smallest absolute Gasteiger partial charge is 0.116 e. The van der Waals surface area contributed by atoms with E-state index in [9.17, 15) is 0 Å². The van der Waals surface area contributed by atoms with Gasteiger partial charge < -0.3 is 0 Å². The average Bonchev–Trinajstić information content (AvgIpc) is 2.69. The number of H-pyrrole nitrogens is 1. The molecule has 2 rings (SSSR count). The number of hydrogen-bond donors (Lipinski definition) is 1. The Morgan fingerprint density at radius 2 is 2.20 bits per heavy atom. The maximum atomic E-state index is 3.94. The topological polar surface area (TPSA) is 28.7 Å². The van der Waals surface area contributed by atoms with Crippen LogP contribution in [0.25, 0.3) is 0 Å². The van der Waals surface area contributed by atoms with E-state index in [-0.39, 0.29) is 0 Å². The monoisotopic (exact) mass is 205 g/mol. The van der Waals surface area contributed by atoms with Crippen LogP contribution in [0.15, 0.2) is 6.20 Å². The Morgan fingerprint density at radius 1 is 1.40 bits per heavy atom. The van der Waals surface area contributed by atoms with E-state index in [1.165, 1.54) is 24.8 Å². The van der Waals surface area contributed by atoms with Gasteiger partial charge in [0.25, 0.3) is 0 Å². The number of hydrogen-bond acceptors (Lipinski definition) is 1. The highest BCUT2D eigenvalue weighted by atomic mass is 15.1. The van der Waals surface area contributed by atoms with E-state index in [0.29, 0.717) is 5.92 Å². The van der Waals surface area contributed by atoms with Crippen LogP contribution in [0.5, 0.6) is 0 Å². The highest BCUT2D eigenvalue weighted by Crippen LogP contribution is 2.41. The van der Waals surface area contributed by atoms with E-state index in [0.717, 1.165) is 17.8 Å². The third kappa shape index (κ3) is 2.42. The first-order chi connectivity index (χ1) is 7.16. The van der Waals surface area contributed by atoms with Crippen LogP contribution in [-0.4, -0.2) is 10.2 Å². The molecule has 2 nitrogen and oxygen atoms in total. The van der Waals surface area contributed by atoms with Gasteiger partial charge in [-0.25, -0.2) is 0 Å². The van der Waals surface area contributed by atoms with Crippen molar-refractivity contribution in [1.82, 2.24) is 10.2 Å². The van der Waals surface area contributed by atoms with Gasteiger partial charge in [0.2, 0.25) is 0 Å². The lowest BCUT2D eigenvalue weighted by Crippen LogP contribution is -2.23. The van der Waals surface area contributed by atoms with Crippen molar-refractivity contribution in [1.29, 1.82) is 0 Å². The van der Waals surface area contributed by atoms with Crippen LogP contribution in [0.4, 0.5) is 0 Å². The third-order valence-corrected chi connectivity index (χ3v) is 3.83. The molecule has 1 aliphatic carbocycles. The molecule has 1 heterocycles. The minimum Gasteiger partial charge on any atom is -0.285 e. The molecule has 83 valence electrons. The molecule has 0 amide bonds. The predicted molar refractivity (Wildman–Crippen MR) is 61.5 cm³/mol. The van der Waals surface area contributed by atoms with Gasteiger partial charge in [-0.2, -0.15) is 5.10 Å². The van der Waals surface area contributed by atoms with E-state index < -0.39 is 0 Å². The highest BCUT2D eigenvalue weighted by Gasteiger charge is 2.29. The number of nitrogens with zero attached hydrogens (tertiary/aromatic N) is 1. The molecule has 2 unspecified atom stereocenters. The van der Waals surface area contributed by atoms with Crippen LogP contribution in [0.1, 0.15) is 51.5 Å². The summed E-state index contributed by atoms with van der Waals surface area (Å²) in [6.45, 7) is 7.07. The van der Waals surface area contributed by atoms with E-state index in [1.54, 1.807) is 0 Å². The minimum atomic E-state index is 0.680. The molecule has 1 fully saturated rings. The molecule has 1 radical (unpaired) electrons. The summed E-state index contributed by atoms with van der Waals surface area (Å²) in [4.78, 5) is 0. The fraction of sp³-hybridized carbons (Fsp3) is 0.769. The summed E-state index contributed by atoms with van der Waals surface area (Å²) in [5.74, 6) is 3.21. The first-order valence-corrected chi connectivity index (χ1v) is 6.08. The fourth-order valence-corrected chi connectivity index (χ4v) is 2.89. The van der Waals surface area contributed by atoms with Crippen LogP contribution in [0.3, 0.4) is 0 Å². The summed E-state index contributed by atoms with van der Waals surface area (Å²) >= 11 is 0. The molecule has 0 aliphatic heterocycles. The number of aromatic amines is 1. The molecule has 1 aromatic heterocycles. The lowest BCUT2D eigenvalue weighted by molar-refractivity contribution is 0.203. The molecule has 1 aromatic rings. The Morgan fingerprint density at radius 3 is 2.80 bits per heavy atom. The number of nitrogens with one attached hydrogen (secondary N) is 1. The molecule has 1 saturated carbocycles. The second-order valence-electron chi connectivity index (χ2n) is 5.47. The van der Waals surface area contributed by atoms with Gasteiger partial charge in [0.05, 0.1) is 0 Å². The second-order valence-corrected chi connectivity index (χ2v) is 5.47. The standard InChI is InChI=1S/C13H21N2/c1-9(2)11-4-10(3)5-12(6-11)13-7-14-15-8-13/h7,9-12H,4-6H2,1-3H3,(H,14,15)/t10?,11-,12?/m1/s1. The largest absolute Gasteiger partial charge is 0.285 e. The first kappa shape index (κ1) is 10.7. The maximum Gasteiger partial charge on any atom is 0.116 e. The van der Waals surface area contributed by atoms with Gasteiger partial charge in [0.1, 0.15) is 6.20 Å². The van der Waals surface area contributed by atoms with Crippen molar-refractivity contribution in [3.8, 4) is 0 Å². The summed E-state index contributed by atoms with van der Waals surface area (Å²) in [5.41, 5.74) is 1.28. The molecule has 0 bridgehead atoms. The lowest BCUT2D eigenvalue weighted by atomic mass is 9.70. The Balaban J connectivity index is 2.07. The molecule has 0 saturated heterocycles. The van der Waals surface area contributed by atoms with Gasteiger partial charge >= 0.3 is 0 Å². The first-order valence-electron chi connectivity index (χ1n) is 6.08. The summed E-state index contributed by atoms with van der Waals surface area (Å²) in [6.07, 6.45) is 9.11. The SMILES string of the molecule is CC1CC(c2[c]n[nH]c2)C[C@H](C(C)C)C1. The molecule has 15 heavy (non-hydrogen) atoms. The van der Waals surface area contributed by atoms with Crippen molar-refractivity contribution >= 4 is 0 Å². The van der Waals surface area contributed by atoms with Gasteiger partial charge in [-0.15, -0.1) is 0 Å². The molecular weight excluding hydrogens is 184 g/mol. The number of rotatable bonds is 2. The summed E-state index contributed by atoms with van der Waals surface area (Å²) in [7, 11) is 0. The van der Waals surface area contributed by atoms with Crippen molar-refractivity contribution in [3.05, 3.63) is 18.0 Å². The molecule has 0 aromatic carbocycles. The molecule has 2 heteroatoms. The Labute approximate surface area is 92.5 Å². The van der Waals surface area contributed by atoms with Crippen molar-refractivity contribution in [2.45, 2.75) is 46.0 Å². The quantitative estimate of drug-likeness (QED) is 0.787. The van der Waals surface area contributed by atoms with Gasteiger partial charge in [-0.05, 0) is 42.9 Å². The highest BCUT2D eigenvalue weighted by molar-refractivity contribution is 5.10. The van der Waals surface area contributed by atoms with Crippen LogP contribution in [0.2, 0.25) is 0 Å². The van der Waals surface area contributed by atoms with E-state index >= 15 is 0 Å². The molecule has 1 N–H and O–H groups in total. The Kier molecular flexibility index (Phi) is 3.13. The normalized spacial score (nSPS) is 32.1. The van der Waals surface area contributed by atoms with Crippen LogP contribution >= 0.6 is 0 Å². The Hall–Kier alpha value is -0.790. The van der Waals surface area contributed by atoms with E-state index in [1.807, 2.05) is 6.20 Å². The number of aromatic nitrogens is 2. The van der Waals surface area contributed by atoms with Gasteiger partial charge in [0, 0.05) is 11.8 Å². The molecule has 1 aliphatic rings. The van der Waals surface area contributed by atoms with Crippen molar-refractivity contribution in [2.75, 3.05) is 0 Å². The summed E-state index contributed by atoms with van der Waals surface area (Å²) in [5, 5.41) is 6.82. The zero-order chi connectivity index (χ0) is 10.8. The average molecular weight is 205 g/mol. The summed E-state index contributed by atoms with van der Waals surface area (Å²) in [6, 6.07) is 0. The van der Waals surface area contributed by atoms with E-state index in [4.69, 9.17) is 0 Å². The fourth-order valence-electron chi connectivity index (χ4n) is 2.89. The predicted octanol–water partition coefficient (Wildman–Crippen LogP) is 3.39. The third-order valence-electron chi connectivity index (χ3n) is 3.83. The summed E-state index contributed by atoms with van der Waals surface area (Å²) < 4.78 is 0. The van der Waals surface area contributed by atoms with E-state index in [2.05, 4.69) is 37.2 Å². The maximum absolute atomic E-state index is 3.94. The molecule has 3 atom stereocenters. The second kappa shape index (κ2) is 4.38. The van der Waals surface area contributed by atoms with Crippen LogP contribution in [-0.2, 0) is 0 Å². The molecular formula is C13H21N2. The van der Waals surface area contributed by atoms with Gasteiger partial charge in [-0.3, -0.25) is 5.10 Å². The van der Waals surface area contributed by atoms with Crippen LogP contribution < -0.4 is 0 Å². The van der Waals surface area contributed by atoms with Crippen molar-refractivity contribution in [3.63, 3.8) is 0 Å². The van der Waals surface area contributed by atoms with Crippen molar-refractivity contribution in [2.24, 2.45) is 17.8 Å². The van der Waals surface area contributed by atoms with Crippen LogP contribution in [0, 0.1) is 24.0 Å². The zero-order valence-electron chi connectivity index (χ0n) is 9.96. The van der Waals surface area contributed by atoms with Gasteiger partial charge in [0.15, 0.2) is 0 Å². The molecule has 0 spiro atoms. The Bertz CT molecular complexity index is 289. The lowest BCUT2D eigenvalue weighted by Gasteiger charge is -2.35. The minimum absolute atomic E-state index is 0.680.